The molecule has 0 aromatic rings. The second-order valence-corrected chi connectivity index (χ2v) is 4.33. The van der Waals surface area contributed by atoms with Crippen molar-refractivity contribution in [2.24, 2.45) is 5.92 Å². The normalized spacial score (nSPS) is 29.7. The predicted octanol–water partition coefficient (Wildman–Crippen LogP) is 0.509. The van der Waals surface area contributed by atoms with Crippen molar-refractivity contribution in [2.45, 2.75) is 13.0 Å². The molecule has 0 radical (unpaired) electrons. The maximum absolute atomic E-state index is 11.0. The molecule has 1 fully saturated rings. The van der Waals surface area contributed by atoms with E-state index in [2.05, 4.69) is 23.3 Å². The van der Waals surface area contributed by atoms with Crippen LogP contribution in [0.5, 0.6) is 0 Å². The fourth-order valence-corrected chi connectivity index (χ4v) is 1.97. The Kier molecular flexibility index (Phi) is 4.29. The first-order valence-corrected chi connectivity index (χ1v) is 5.31. The van der Waals surface area contributed by atoms with Crippen molar-refractivity contribution < 1.29 is 9.90 Å². The van der Waals surface area contributed by atoms with Gasteiger partial charge in [0.25, 0.3) is 0 Å². The number of hydrogen-bond donors (Lipinski definition) is 1. The van der Waals surface area contributed by atoms with E-state index in [-0.39, 0.29) is 5.92 Å². The highest BCUT2D eigenvalue weighted by molar-refractivity contribution is 5.70. The van der Waals surface area contributed by atoms with Crippen molar-refractivity contribution in [3.63, 3.8) is 0 Å². The van der Waals surface area contributed by atoms with Crippen LogP contribution in [0.15, 0.2) is 12.7 Å². The van der Waals surface area contributed by atoms with Crippen molar-refractivity contribution in [1.29, 1.82) is 0 Å². The van der Waals surface area contributed by atoms with Gasteiger partial charge < -0.3 is 10.0 Å². The molecular weight excluding hydrogens is 192 g/mol. The predicted molar refractivity (Wildman–Crippen MR) is 59.9 cm³/mol. The third-order valence-electron chi connectivity index (χ3n) is 3.00. The van der Waals surface area contributed by atoms with E-state index in [1.54, 1.807) is 0 Å². The quantitative estimate of drug-likeness (QED) is 0.692. The van der Waals surface area contributed by atoms with Crippen molar-refractivity contribution in [1.82, 2.24) is 9.80 Å². The second-order valence-electron chi connectivity index (χ2n) is 4.33. The standard InChI is InChI=1S/C11H20N2O2/c1-4-5-13-6-9(2)12(3)7-10(8-13)11(14)15/h4,9-10H,1,5-8H2,2-3H3,(H,14,15). The third kappa shape index (κ3) is 3.32. The average molecular weight is 212 g/mol. The summed E-state index contributed by atoms with van der Waals surface area (Å²) < 4.78 is 0. The minimum Gasteiger partial charge on any atom is -0.481 e. The summed E-state index contributed by atoms with van der Waals surface area (Å²) in [6.07, 6.45) is 1.83. The Bertz CT molecular complexity index is 243. The van der Waals surface area contributed by atoms with E-state index in [1.165, 1.54) is 0 Å². The largest absolute Gasteiger partial charge is 0.481 e. The van der Waals surface area contributed by atoms with Gasteiger partial charge in [0, 0.05) is 32.2 Å². The zero-order valence-corrected chi connectivity index (χ0v) is 9.52. The molecular formula is C11H20N2O2. The number of nitrogens with zero attached hydrogens (tertiary/aromatic N) is 2. The number of carboxylic acid groups (broad SMARTS) is 1. The Morgan fingerprint density at radius 1 is 1.53 bits per heavy atom. The molecule has 1 saturated heterocycles. The van der Waals surface area contributed by atoms with Gasteiger partial charge in [-0.2, -0.15) is 0 Å². The highest BCUT2D eigenvalue weighted by Gasteiger charge is 2.28. The molecule has 0 bridgehead atoms. The van der Waals surface area contributed by atoms with Gasteiger partial charge in [0.2, 0.25) is 0 Å². The summed E-state index contributed by atoms with van der Waals surface area (Å²) in [6.45, 7) is 8.75. The molecule has 1 aliphatic rings. The van der Waals surface area contributed by atoms with Crippen LogP contribution in [0.1, 0.15) is 6.92 Å². The first-order valence-electron chi connectivity index (χ1n) is 5.31. The zero-order valence-electron chi connectivity index (χ0n) is 9.52. The minimum atomic E-state index is -0.704. The zero-order chi connectivity index (χ0) is 11.4. The van der Waals surface area contributed by atoms with Gasteiger partial charge in [-0.3, -0.25) is 9.69 Å². The highest BCUT2D eigenvalue weighted by Crippen LogP contribution is 2.12. The summed E-state index contributed by atoms with van der Waals surface area (Å²) in [5, 5.41) is 9.07. The van der Waals surface area contributed by atoms with E-state index in [0.29, 0.717) is 19.1 Å². The lowest BCUT2D eigenvalue weighted by Crippen LogP contribution is -2.36. The molecule has 0 saturated carbocycles. The lowest BCUT2D eigenvalue weighted by Gasteiger charge is -2.24. The Balaban J connectivity index is 2.69. The summed E-state index contributed by atoms with van der Waals surface area (Å²) in [5.41, 5.74) is 0. The Morgan fingerprint density at radius 3 is 2.73 bits per heavy atom. The van der Waals surface area contributed by atoms with Gasteiger partial charge in [0.05, 0.1) is 5.92 Å². The van der Waals surface area contributed by atoms with Crippen LogP contribution in [0.2, 0.25) is 0 Å². The van der Waals surface area contributed by atoms with Crippen LogP contribution >= 0.6 is 0 Å². The molecule has 1 N–H and O–H groups in total. The van der Waals surface area contributed by atoms with Gasteiger partial charge in [-0.1, -0.05) is 6.08 Å². The molecule has 0 spiro atoms. The van der Waals surface area contributed by atoms with Gasteiger partial charge in [-0.05, 0) is 14.0 Å². The number of carboxylic acids is 1. The topological polar surface area (TPSA) is 43.8 Å². The molecule has 1 heterocycles. The van der Waals surface area contributed by atoms with Crippen molar-refractivity contribution in [2.75, 3.05) is 33.2 Å². The average Bonchev–Trinajstić information content (AvgIpc) is 2.28. The lowest BCUT2D eigenvalue weighted by molar-refractivity contribution is -0.142. The fraction of sp³-hybridized carbons (Fsp3) is 0.727. The Hall–Kier alpha value is -0.870. The van der Waals surface area contributed by atoms with E-state index in [1.807, 2.05) is 13.1 Å². The second kappa shape index (κ2) is 5.28. The van der Waals surface area contributed by atoms with Crippen LogP contribution in [0.25, 0.3) is 0 Å². The van der Waals surface area contributed by atoms with Crippen molar-refractivity contribution in [3.8, 4) is 0 Å². The number of likely N-dealkylation sites (N-methyl/N-ethyl adjacent to an activating group) is 1. The number of hydrogen-bond acceptors (Lipinski definition) is 3. The van der Waals surface area contributed by atoms with E-state index >= 15 is 0 Å². The first kappa shape index (κ1) is 12.2. The SMILES string of the molecule is C=CCN1CC(C(=O)O)CN(C)C(C)C1. The summed E-state index contributed by atoms with van der Waals surface area (Å²) in [6, 6.07) is 0.397. The van der Waals surface area contributed by atoms with E-state index < -0.39 is 5.97 Å². The van der Waals surface area contributed by atoms with Crippen LogP contribution in [0.4, 0.5) is 0 Å². The summed E-state index contributed by atoms with van der Waals surface area (Å²) in [5.74, 6) is -0.995. The summed E-state index contributed by atoms with van der Waals surface area (Å²) in [7, 11) is 1.98. The van der Waals surface area contributed by atoms with Gasteiger partial charge >= 0.3 is 5.97 Å². The molecule has 1 aliphatic heterocycles. The van der Waals surface area contributed by atoms with Crippen LogP contribution in [0, 0.1) is 5.92 Å². The van der Waals surface area contributed by atoms with Crippen molar-refractivity contribution >= 4 is 5.97 Å². The van der Waals surface area contributed by atoms with Crippen LogP contribution in [-0.2, 0) is 4.79 Å². The van der Waals surface area contributed by atoms with Gasteiger partial charge in [-0.25, -0.2) is 0 Å². The first-order chi connectivity index (χ1) is 7.04. The molecule has 2 unspecified atom stereocenters. The van der Waals surface area contributed by atoms with Gasteiger partial charge in [-0.15, -0.1) is 6.58 Å². The van der Waals surface area contributed by atoms with Gasteiger partial charge in [0.1, 0.15) is 0 Å². The molecule has 0 amide bonds. The smallest absolute Gasteiger partial charge is 0.309 e. The fourth-order valence-electron chi connectivity index (χ4n) is 1.97. The summed E-state index contributed by atoms with van der Waals surface area (Å²) >= 11 is 0. The van der Waals surface area contributed by atoms with E-state index in [9.17, 15) is 4.79 Å². The van der Waals surface area contributed by atoms with E-state index in [4.69, 9.17) is 5.11 Å². The monoisotopic (exact) mass is 212 g/mol. The molecule has 86 valence electrons. The maximum Gasteiger partial charge on any atom is 0.309 e. The molecule has 0 aromatic carbocycles. The molecule has 1 rings (SSSR count). The Labute approximate surface area is 91.2 Å². The van der Waals surface area contributed by atoms with Crippen LogP contribution in [0.3, 0.4) is 0 Å². The Morgan fingerprint density at radius 2 is 2.20 bits per heavy atom. The lowest BCUT2D eigenvalue weighted by atomic mass is 10.1. The molecule has 15 heavy (non-hydrogen) atoms. The molecule has 4 heteroatoms. The van der Waals surface area contributed by atoms with Crippen LogP contribution in [-0.4, -0.2) is 60.1 Å². The van der Waals surface area contributed by atoms with Gasteiger partial charge in [0.15, 0.2) is 0 Å². The number of carbonyl (C=O) groups is 1. The molecule has 0 aliphatic carbocycles. The maximum atomic E-state index is 11.0. The van der Waals surface area contributed by atoms with E-state index in [0.717, 1.165) is 13.1 Å². The number of rotatable bonds is 3. The van der Waals surface area contributed by atoms with Crippen molar-refractivity contribution in [3.05, 3.63) is 12.7 Å². The third-order valence-corrected chi connectivity index (χ3v) is 3.00. The molecule has 4 nitrogen and oxygen atoms in total. The molecule has 0 aromatic heterocycles. The summed E-state index contributed by atoms with van der Waals surface area (Å²) in [4.78, 5) is 15.3. The minimum absolute atomic E-state index is 0.292. The highest BCUT2D eigenvalue weighted by atomic mass is 16.4. The van der Waals surface area contributed by atoms with Crippen LogP contribution < -0.4 is 0 Å². The number of aliphatic carboxylic acids is 1. The molecule has 2 atom stereocenters.